The van der Waals surface area contributed by atoms with Gasteiger partial charge in [0.05, 0.1) is 15.8 Å². The van der Waals surface area contributed by atoms with Gasteiger partial charge in [-0.2, -0.15) is 11.8 Å². The van der Waals surface area contributed by atoms with Gasteiger partial charge in [0.25, 0.3) is 25.2 Å². The lowest BCUT2D eigenvalue weighted by Crippen LogP contribution is -2.72. The Hall–Kier alpha value is -4.66. The van der Waals surface area contributed by atoms with Crippen molar-refractivity contribution in [2.24, 2.45) is 16.5 Å². The molecule has 1 heterocycles. The Morgan fingerprint density at radius 3 is 2.30 bits per heavy atom. The van der Waals surface area contributed by atoms with Crippen LogP contribution in [0.25, 0.3) is 0 Å². The number of thiazole rings is 1. The molecule has 0 fully saturated rings. The van der Waals surface area contributed by atoms with Crippen molar-refractivity contribution in [3.05, 3.63) is 77.3 Å². The minimum absolute atomic E-state index is 0.0331. The van der Waals surface area contributed by atoms with Crippen LogP contribution in [-0.4, -0.2) is 70.1 Å². The van der Waals surface area contributed by atoms with Crippen molar-refractivity contribution in [3.8, 4) is 0 Å². The predicted octanol–water partition coefficient (Wildman–Crippen LogP) is -1.60. The molecule has 0 aliphatic carbocycles. The minimum atomic E-state index is -4.11. The fraction of sp³-hybridized carbons (Fsp3) is 0.192. The smallest absolute Gasteiger partial charge is 0.328 e. The van der Waals surface area contributed by atoms with E-state index in [1.807, 2.05) is 12.3 Å². The number of benzene rings is 2. The molecule has 3 rings (SSSR count). The van der Waals surface area contributed by atoms with Crippen LogP contribution in [0.15, 0.2) is 80.8 Å². The summed E-state index contributed by atoms with van der Waals surface area (Å²) in [5.41, 5.74) is 13.0. The molecule has 0 bridgehead atoms. The number of hydrogen-bond acceptors (Lipinski definition) is 11. The van der Waals surface area contributed by atoms with Gasteiger partial charge in [-0.1, -0.05) is 35.1 Å². The van der Waals surface area contributed by atoms with E-state index in [1.165, 1.54) is 36.6 Å². The zero-order valence-electron chi connectivity index (χ0n) is 24.5. The number of aromatic nitrogens is 1. The predicted molar refractivity (Wildman–Crippen MR) is 174 cm³/mol. The van der Waals surface area contributed by atoms with E-state index in [9.17, 15) is 31.5 Å². The molecule has 0 aliphatic heterocycles. The van der Waals surface area contributed by atoms with Crippen LogP contribution >= 0.6 is 23.1 Å². The molecule has 3 aromatic rings. The fourth-order valence-electron chi connectivity index (χ4n) is 3.10. The van der Waals surface area contributed by atoms with Crippen molar-refractivity contribution in [1.82, 2.24) is 15.0 Å². The first kappa shape index (κ1) is 37.5. The largest absolute Gasteiger partial charge is 0.545 e. The van der Waals surface area contributed by atoms with E-state index in [2.05, 4.69) is 29.7 Å². The van der Waals surface area contributed by atoms with Crippen LogP contribution in [0.4, 0.5) is 10.8 Å². The first-order valence-electron chi connectivity index (χ1n) is 12.8. The number of hydrogen-bond donors (Lipinski definition) is 7. The fourth-order valence-corrected chi connectivity index (χ4v) is 6.94. The third kappa shape index (κ3) is 13.5. The molecule has 0 amide bonds. The number of aliphatic carboxylic acids is 2. The van der Waals surface area contributed by atoms with Gasteiger partial charge in [0, 0.05) is 42.2 Å². The molecule has 16 nitrogen and oxygen atoms in total. The Bertz CT molecular complexity index is 1790. The summed E-state index contributed by atoms with van der Waals surface area (Å²) >= 11 is 2.98. The number of carboxylic acid groups (broad SMARTS) is 2. The van der Waals surface area contributed by atoms with E-state index in [4.69, 9.17) is 16.6 Å². The highest BCUT2D eigenvalue weighted by atomic mass is 32.2. The topological polar surface area (TPSA) is 273 Å². The van der Waals surface area contributed by atoms with E-state index < -0.39 is 32.0 Å². The second-order valence-electron chi connectivity index (χ2n) is 8.82. The van der Waals surface area contributed by atoms with Crippen molar-refractivity contribution < 1.29 is 41.6 Å². The summed E-state index contributed by atoms with van der Waals surface area (Å²) in [4.78, 5) is 29.6. The normalized spacial score (nSPS) is 11.7. The van der Waals surface area contributed by atoms with Crippen molar-refractivity contribution in [2.75, 3.05) is 24.1 Å². The Morgan fingerprint density at radius 1 is 1.09 bits per heavy atom. The Balaban J connectivity index is 0.000000812. The highest BCUT2D eigenvalue weighted by Gasteiger charge is 2.21. The van der Waals surface area contributed by atoms with Gasteiger partial charge in [-0.3, -0.25) is 9.71 Å². The zero-order chi connectivity index (χ0) is 34.3. The molecular formula is C26H32N8O8S4. The molecule has 0 atom stereocenters. The van der Waals surface area contributed by atoms with Crippen molar-refractivity contribution in [2.45, 2.75) is 22.5 Å². The Morgan fingerprint density at radius 2 is 1.74 bits per heavy atom. The molecule has 1 aromatic heterocycles. The number of carbonyl (C=O) groups is 2. The number of thioether (sulfide) groups is 1. The first-order chi connectivity index (χ1) is 21.6. The highest BCUT2D eigenvalue weighted by molar-refractivity contribution is 7.98. The molecule has 46 heavy (non-hydrogen) atoms. The lowest BCUT2D eigenvalue weighted by atomic mass is 10.2. The van der Waals surface area contributed by atoms with Crippen LogP contribution < -0.4 is 36.3 Å². The average Bonchev–Trinajstić information content (AvgIpc) is 3.43. The number of sulfonamides is 2. The second-order valence-corrected chi connectivity index (χ2v) is 14.1. The number of nitrogens with two attached hydrogens (primary N) is 2. The molecule has 0 spiro atoms. The number of carbonyl (C=O) groups excluding carboxylic acids is 1. The number of nitrogens with zero attached hydrogens (tertiary/aromatic N) is 2. The number of aliphatic imine (C=N–C) groups is 1. The molecule has 0 radical (unpaired) electrons. The zero-order valence-corrected chi connectivity index (χ0v) is 27.7. The molecule has 0 aliphatic rings. The number of anilines is 1. The van der Waals surface area contributed by atoms with E-state index in [0.29, 0.717) is 41.0 Å². The van der Waals surface area contributed by atoms with E-state index in [-0.39, 0.29) is 21.7 Å². The summed E-state index contributed by atoms with van der Waals surface area (Å²) in [6.45, 7) is 2.31. The summed E-state index contributed by atoms with van der Waals surface area (Å²) in [6.07, 6.45) is 0.942. The average molecular weight is 713 g/mol. The van der Waals surface area contributed by atoms with Gasteiger partial charge in [0.2, 0.25) is 5.96 Å². The second kappa shape index (κ2) is 17.7. The lowest BCUT2D eigenvalue weighted by molar-refractivity contribution is -0.355. The van der Waals surface area contributed by atoms with Crippen LogP contribution in [0.3, 0.4) is 0 Å². The Kier molecular flexibility index (Phi) is 14.5. The summed E-state index contributed by atoms with van der Waals surface area (Å²) in [5.74, 6) is -1.41. The molecule has 9 N–H and O–H groups in total. The van der Waals surface area contributed by atoms with Crippen LogP contribution in [0, 0.1) is 6.92 Å². The van der Waals surface area contributed by atoms with E-state index >= 15 is 0 Å². The number of nitrogens with one attached hydrogen (secondary N) is 4. The van der Waals surface area contributed by atoms with Gasteiger partial charge in [-0.15, -0.1) is 4.98 Å². The summed E-state index contributed by atoms with van der Waals surface area (Å²) < 4.78 is 56.3. The molecule has 0 saturated carbocycles. The number of aryl methyl sites for hydroxylation is 1. The van der Waals surface area contributed by atoms with E-state index in [1.54, 1.807) is 36.0 Å². The van der Waals surface area contributed by atoms with Crippen LogP contribution in [0.5, 0.6) is 0 Å². The monoisotopic (exact) mass is 712 g/mol. The Labute approximate surface area is 273 Å². The number of guanidine groups is 2. The highest BCUT2D eigenvalue weighted by Crippen LogP contribution is 2.20. The SMILES string of the molecule is CN=C(NCCSCc1csc([NH+]=C(N)N)n1)NS(=O)(=O)c1cccc(S(=O)(=O)Nc2ccc(C)cc2)c1.O=C([O-])/C=C/C(=O)O. The molecule has 20 heteroatoms. The maximum absolute atomic E-state index is 12.9. The van der Waals surface area contributed by atoms with Crippen molar-refractivity contribution >= 4 is 77.8 Å². The van der Waals surface area contributed by atoms with Gasteiger partial charge in [-0.25, -0.2) is 31.3 Å². The quantitative estimate of drug-likeness (QED) is 0.0456. The molecule has 2 aromatic carbocycles. The third-order valence-electron chi connectivity index (χ3n) is 5.14. The van der Waals surface area contributed by atoms with Gasteiger partial charge in [0.15, 0.2) is 0 Å². The van der Waals surface area contributed by atoms with Crippen LogP contribution in [0.2, 0.25) is 0 Å². The van der Waals surface area contributed by atoms with Crippen molar-refractivity contribution in [1.29, 1.82) is 0 Å². The maximum Gasteiger partial charge on any atom is 0.328 e. The third-order valence-corrected chi connectivity index (χ3v) is 9.65. The standard InChI is InChI=1S/C22H28N8O4S4.C4H4O4/c1-15-6-8-16(9-7-15)29-37(31,32)18-4-3-5-19(12-18)38(33,34)30-21(25-2)26-10-11-35-13-17-14-36-22(27-17)28-20(23)24;5-3(6)1-2-4(7)8/h3-9,12,14,29H,10-11,13H2,1-2H3,(H2,25,26,30)(H4,23,24,27,28);1-2H,(H,5,6)(H,7,8)/b;2-1+. The number of carboxylic acids is 2. The van der Waals surface area contributed by atoms with Crippen molar-refractivity contribution in [3.63, 3.8) is 0 Å². The maximum atomic E-state index is 12.9. The summed E-state index contributed by atoms with van der Waals surface area (Å²) in [6, 6.07) is 11.9. The molecule has 0 saturated heterocycles. The summed E-state index contributed by atoms with van der Waals surface area (Å²) in [7, 11) is -6.67. The van der Waals surface area contributed by atoms with Gasteiger partial charge >= 0.3 is 11.9 Å². The van der Waals surface area contributed by atoms with E-state index in [0.717, 1.165) is 17.3 Å². The van der Waals surface area contributed by atoms with Crippen LogP contribution in [0.1, 0.15) is 11.3 Å². The molecular weight excluding hydrogens is 681 g/mol. The van der Waals surface area contributed by atoms with Gasteiger partial charge in [0.1, 0.15) is 5.69 Å². The molecule has 0 unspecified atom stereocenters. The molecule has 248 valence electrons. The van der Waals surface area contributed by atoms with Gasteiger partial charge < -0.3 is 31.8 Å². The summed E-state index contributed by atoms with van der Waals surface area (Å²) in [5, 5.41) is 22.7. The first-order valence-corrected chi connectivity index (χ1v) is 17.8. The van der Waals surface area contributed by atoms with Crippen LogP contribution in [-0.2, 0) is 35.4 Å². The lowest BCUT2D eigenvalue weighted by Gasteiger charge is -2.13. The number of rotatable bonds is 13. The van der Waals surface area contributed by atoms with Gasteiger partial charge in [-0.05, 0) is 43.3 Å². The minimum Gasteiger partial charge on any atom is -0.545 e.